The predicted molar refractivity (Wildman–Crippen MR) is 64.1 cm³/mol. The van der Waals surface area contributed by atoms with Gasteiger partial charge in [0.2, 0.25) is 5.91 Å². The van der Waals surface area contributed by atoms with Crippen molar-refractivity contribution in [3.8, 4) is 0 Å². The summed E-state index contributed by atoms with van der Waals surface area (Å²) in [4.78, 5) is 11.8. The van der Waals surface area contributed by atoms with Gasteiger partial charge in [-0.25, -0.2) is 0 Å². The van der Waals surface area contributed by atoms with Gasteiger partial charge in [-0.1, -0.05) is 20.8 Å². The lowest BCUT2D eigenvalue weighted by atomic mass is 9.87. The first-order valence-electron chi connectivity index (χ1n) is 5.31. The third-order valence-electron chi connectivity index (χ3n) is 2.71. The van der Waals surface area contributed by atoms with Crippen molar-refractivity contribution in [1.82, 2.24) is 10.2 Å². The van der Waals surface area contributed by atoms with E-state index in [0.717, 1.165) is 11.3 Å². The van der Waals surface area contributed by atoms with Gasteiger partial charge in [-0.15, -0.1) is 0 Å². The number of hydrogen-bond acceptors (Lipinski definition) is 3. The number of amides is 1. The van der Waals surface area contributed by atoms with Crippen molar-refractivity contribution in [1.29, 1.82) is 0 Å². The van der Waals surface area contributed by atoms with E-state index in [-0.39, 0.29) is 11.3 Å². The molecule has 0 aliphatic heterocycles. The topological polar surface area (TPSA) is 83.8 Å². The van der Waals surface area contributed by atoms with Crippen molar-refractivity contribution < 1.29 is 4.79 Å². The number of hydrogen-bond donors (Lipinski definition) is 3. The van der Waals surface area contributed by atoms with Crippen molar-refractivity contribution in [2.75, 3.05) is 5.32 Å². The van der Waals surface area contributed by atoms with Crippen molar-refractivity contribution in [3.63, 3.8) is 0 Å². The standard InChI is InChI=1S/C11H20N4O/c1-6-7(2)14-15-9(6)13-10(16)8(12)11(3,4)5/h8H,12H2,1-5H3,(H2,13,14,15,16)/t8-/m1/s1. The van der Waals surface area contributed by atoms with E-state index in [0.29, 0.717) is 5.82 Å². The molecule has 4 N–H and O–H groups in total. The van der Waals surface area contributed by atoms with E-state index in [1.807, 2.05) is 34.6 Å². The van der Waals surface area contributed by atoms with Crippen molar-refractivity contribution in [3.05, 3.63) is 11.3 Å². The van der Waals surface area contributed by atoms with E-state index in [1.165, 1.54) is 0 Å². The SMILES string of the molecule is Cc1[nH]nc(NC(=O)[C@@H](N)C(C)(C)C)c1C. The van der Waals surface area contributed by atoms with Gasteiger partial charge in [0, 0.05) is 11.3 Å². The third kappa shape index (κ3) is 2.61. The largest absolute Gasteiger partial charge is 0.319 e. The molecule has 1 heterocycles. The van der Waals surface area contributed by atoms with Crippen LogP contribution >= 0.6 is 0 Å². The summed E-state index contributed by atoms with van der Waals surface area (Å²) >= 11 is 0. The molecule has 1 rings (SSSR count). The predicted octanol–water partition coefficient (Wildman–Crippen LogP) is 1.34. The maximum atomic E-state index is 11.8. The smallest absolute Gasteiger partial charge is 0.243 e. The number of carbonyl (C=O) groups excluding carboxylic acids is 1. The second-order valence-electron chi connectivity index (χ2n) is 5.16. The Labute approximate surface area is 95.8 Å². The number of rotatable bonds is 2. The fraction of sp³-hybridized carbons (Fsp3) is 0.636. The maximum absolute atomic E-state index is 11.8. The van der Waals surface area contributed by atoms with Crippen molar-refractivity contribution >= 4 is 11.7 Å². The highest BCUT2D eigenvalue weighted by Gasteiger charge is 2.28. The summed E-state index contributed by atoms with van der Waals surface area (Å²) in [5, 5.41) is 9.55. The highest BCUT2D eigenvalue weighted by Crippen LogP contribution is 2.20. The summed E-state index contributed by atoms with van der Waals surface area (Å²) in [6.07, 6.45) is 0. The monoisotopic (exact) mass is 224 g/mol. The fourth-order valence-electron chi connectivity index (χ4n) is 1.19. The van der Waals surface area contributed by atoms with Crippen LogP contribution in [0, 0.1) is 19.3 Å². The second kappa shape index (κ2) is 4.25. The van der Waals surface area contributed by atoms with E-state index in [9.17, 15) is 4.79 Å². The Kier molecular flexibility index (Phi) is 3.38. The first kappa shape index (κ1) is 12.7. The van der Waals surface area contributed by atoms with Gasteiger partial charge in [0.1, 0.15) is 0 Å². The number of nitrogens with two attached hydrogens (primary N) is 1. The van der Waals surface area contributed by atoms with Crippen LogP contribution in [0.2, 0.25) is 0 Å². The lowest BCUT2D eigenvalue weighted by Gasteiger charge is -2.25. The summed E-state index contributed by atoms with van der Waals surface area (Å²) < 4.78 is 0. The van der Waals surface area contributed by atoms with Crippen LogP contribution in [0.5, 0.6) is 0 Å². The van der Waals surface area contributed by atoms with E-state index in [4.69, 9.17) is 5.73 Å². The number of aryl methyl sites for hydroxylation is 1. The molecule has 0 bridgehead atoms. The normalized spacial score (nSPS) is 13.6. The van der Waals surface area contributed by atoms with Crippen LogP contribution in [-0.4, -0.2) is 22.1 Å². The van der Waals surface area contributed by atoms with Gasteiger partial charge in [-0.2, -0.15) is 5.10 Å². The van der Waals surface area contributed by atoms with Gasteiger partial charge in [0.05, 0.1) is 6.04 Å². The highest BCUT2D eigenvalue weighted by molar-refractivity contribution is 5.95. The van der Waals surface area contributed by atoms with Gasteiger partial charge in [-0.3, -0.25) is 9.89 Å². The molecular formula is C11H20N4O. The van der Waals surface area contributed by atoms with Gasteiger partial charge in [0.15, 0.2) is 5.82 Å². The summed E-state index contributed by atoms with van der Waals surface area (Å²) in [6.45, 7) is 9.60. The van der Waals surface area contributed by atoms with Crippen molar-refractivity contribution in [2.45, 2.75) is 40.7 Å². The Morgan fingerprint density at radius 3 is 2.38 bits per heavy atom. The zero-order valence-corrected chi connectivity index (χ0v) is 10.5. The second-order valence-corrected chi connectivity index (χ2v) is 5.16. The molecule has 0 saturated heterocycles. The number of nitrogens with zero attached hydrogens (tertiary/aromatic N) is 1. The van der Waals surface area contributed by atoms with Crippen LogP contribution in [-0.2, 0) is 4.79 Å². The average molecular weight is 224 g/mol. The summed E-state index contributed by atoms with van der Waals surface area (Å²) in [7, 11) is 0. The molecule has 0 aromatic carbocycles. The summed E-state index contributed by atoms with van der Waals surface area (Å²) in [6, 6.07) is -0.552. The van der Waals surface area contributed by atoms with E-state index >= 15 is 0 Å². The number of H-pyrrole nitrogens is 1. The van der Waals surface area contributed by atoms with Crippen LogP contribution in [0.25, 0.3) is 0 Å². The Balaban J connectivity index is 2.76. The van der Waals surface area contributed by atoms with Crippen LogP contribution in [0.15, 0.2) is 0 Å². The maximum Gasteiger partial charge on any atom is 0.243 e. The van der Waals surface area contributed by atoms with Gasteiger partial charge < -0.3 is 11.1 Å². The van der Waals surface area contributed by atoms with E-state index in [2.05, 4.69) is 15.5 Å². The quantitative estimate of drug-likeness (QED) is 0.708. The minimum absolute atomic E-state index is 0.206. The minimum Gasteiger partial charge on any atom is -0.319 e. The molecule has 0 radical (unpaired) electrons. The molecule has 5 nitrogen and oxygen atoms in total. The Bertz CT molecular complexity index is 389. The van der Waals surface area contributed by atoms with Gasteiger partial charge in [-0.05, 0) is 19.3 Å². The molecular weight excluding hydrogens is 204 g/mol. The lowest BCUT2D eigenvalue weighted by Crippen LogP contribution is -2.45. The van der Waals surface area contributed by atoms with Gasteiger partial charge >= 0.3 is 0 Å². The summed E-state index contributed by atoms with van der Waals surface area (Å²) in [5.41, 5.74) is 7.47. The number of aromatic amines is 1. The molecule has 16 heavy (non-hydrogen) atoms. The zero-order valence-electron chi connectivity index (χ0n) is 10.5. The summed E-state index contributed by atoms with van der Waals surface area (Å²) in [5.74, 6) is 0.351. The first-order valence-corrected chi connectivity index (χ1v) is 5.31. The Morgan fingerprint density at radius 1 is 1.44 bits per heavy atom. The molecule has 5 heteroatoms. The van der Waals surface area contributed by atoms with Crippen molar-refractivity contribution in [2.24, 2.45) is 11.1 Å². The number of carbonyl (C=O) groups is 1. The highest BCUT2D eigenvalue weighted by atomic mass is 16.2. The first-order chi connectivity index (χ1) is 7.23. The zero-order chi connectivity index (χ0) is 12.5. The molecule has 1 aromatic heterocycles. The van der Waals surface area contributed by atoms with Crippen LogP contribution in [0.3, 0.4) is 0 Å². The van der Waals surface area contributed by atoms with Crippen LogP contribution in [0.1, 0.15) is 32.0 Å². The molecule has 0 fully saturated rings. The molecule has 0 saturated carbocycles. The van der Waals surface area contributed by atoms with Gasteiger partial charge in [0.25, 0.3) is 0 Å². The van der Waals surface area contributed by atoms with E-state index < -0.39 is 6.04 Å². The molecule has 1 amide bonds. The number of aromatic nitrogens is 2. The molecule has 0 aliphatic rings. The lowest BCUT2D eigenvalue weighted by molar-refractivity contribution is -0.119. The third-order valence-corrected chi connectivity index (χ3v) is 2.71. The van der Waals surface area contributed by atoms with E-state index in [1.54, 1.807) is 0 Å². The molecule has 0 aliphatic carbocycles. The fourth-order valence-corrected chi connectivity index (χ4v) is 1.19. The Hall–Kier alpha value is -1.36. The average Bonchev–Trinajstić information content (AvgIpc) is 2.47. The molecule has 1 aromatic rings. The Morgan fingerprint density at radius 2 is 2.00 bits per heavy atom. The van der Waals surface area contributed by atoms with Crippen LogP contribution in [0.4, 0.5) is 5.82 Å². The van der Waals surface area contributed by atoms with Crippen LogP contribution < -0.4 is 11.1 Å². The number of nitrogens with one attached hydrogen (secondary N) is 2. The number of anilines is 1. The minimum atomic E-state index is -0.552. The molecule has 1 atom stereocenters. The molecule has 0 unspecified atom stereocenters. The molecule has 90 valence electrons. The molecule has 0 spiro atoms.